The van der Waals surface area contributed by atoms with Crippen molar-refractivity contribution < 1.29 is 24.3 Å². The molecule has 0 aromatic carbocycles. The summed E-state index contributed by atoms with van der Waals surface area (Å²) in [5, 5.41) is 11.0. The van der Waals surface area contributed by atoms with Gasteiger partial charge in [-0.3, -0.25) is 9.59 Å². The van der Waals surface area contributed by atoms with E-state index in [2.05, 4.69) is 5.32 Å². The van der Waals surface area contributed by atoms with Gasteiger partial charge in [0, 0.05) is 6.54 Å². The summed E-state index contributed by atoms with van der Waals surface area (Å²) in [7, 11) is 0. The normalized spacial score (nSPS) is 11.8. The fourth-order valence-electron chi connectivity index (χ4n) is 1.49. The third-order valence-corrected chi connectivity index (χ3v) is 2.22. The van der Waals surface area contributed by atoms with E-state index in [1.54, 1.807) is 0 Å². The maximum Gasteiger partial charge on any atom is 0.326 e. The SMILES string of the molecule is CC(C)CN(CC(N)=O)C(=O)N[C@H](CC(N)=O)C(=O)O. The highest BCUT2D eigenvalue weighted by Gasteiger charge is 2.25. The van der Waals surface area contributed by atoms with Crippen LogP contribution in [0, 0.1) is 5.92 Å². The average molecular weight is 288 g/mol. The van der Waals surface area contributed by atoms with E-state index in [0.29, 0.717) is 0 Å². The lowest BCUT2D eigenvalue weighted by Crippen LogP contribution is -2.51. The molecule has 1 atom stereocenters. The molecule has 9 heteroatoms. The molecule has 4 amide bonds. The standard InChI is InChI=1S/C11H20N4O5/c1-6(2)4-15(5-9(13)17)11(20)14-7(10(18)19)3-8(12)16/h6-7H,3-5H2,1-2H3,(H2,12,16)(H2,13,17)(H,14,20)(H,18,19)/t7-/m1/s1. The lowest BCUT2D eigenvalue weighted by Gasteiger charge is -2.25. The van der Waals surface area contributed by atoms with E-state index in [9.17, 15) is 19.2 Å². The molecule has 0 aromatic rings. The second-order valence-electron chi connectivity index (χ2n) is 4.75. The molecule has 9 nitrogen and oxygen atoms in total. The highest BCUT2D eigenvalue weighted by Crippen LogP contribution is 2.01. The van der Waals surface area contributed by atoms with Gasteiger partial charge in [0.15, 0.2) is 0 Å². The fraction of sp³-hybridized carbons (Fsp3) is 0.636. The number of hydrogen-bond acceptors (Lipinski definition) is 4. The third kappa shape index (κ3) is 7.19. The Morgan fingerprint density at radius 3 is 2.05 bits per heavy atom. The predicted molar refractivity (Wildman–Crippen MR) is 69.4 cm³/mol. The van der Waals surface area contributed by atoms with E-state index >= 15 is 0 Å². The van der Waals surface area contributed by atoms with Crippen LogP contribution in [-0.2, 0) is 14.4 Å². The Morgan fingerprint density at radius 1 is 1.15 bits per heavy atom. The largest absolute Gasteiger partial charge is 0.480 e. The fourth-order valence-corrected chi connectivity index (χ4v) is 1.49. The topological polar surface area (TPSA) is 156 Å². The molecule has 0 saturated heterocycles. The van der Waals surface area contributed by atoms with Crippen LogP contribution >= 0.6 is 0 Å². The first-order valence-corrected chi connectivity index (χ1v) is 5.98. The van der Waals surface area contributed by atoms with E-state index in [0.717, 1.165) is 4.90 Å². The Morgan fingerprint density at radius 2 is 1.70 bits per heavy atom. The van der Waals surface area contributed by atoms with Crippen LogP contribution in [-0.4, -0.2) is 53.0 Å². The van der Waals surface area contributed by atoms with Gasteiger partial charge in [-0.1, -0.05) is 13.8 Å². The molecule has 0 heterocycles. The summed E-state index contributed by atoms with van der Waals surface area (Å²) >= 11 is 0. The van der Waals surface area contributed by atoms with Crippen molar-refractivity contribution in [2.24, 2.45) is 17.4 Å². The molecule has 6 N–H and O–H groups in total. The molecule has 0 spiro atoms. The van der Waals surface area contributed by atoms with Crippen molar-refractivity contribution in [3.8, 4) is 0 Å². The Bertz CT molecular complexity index is 396. The molecule has 0 unspecified atom stereocenters. The first-order valence-electron chi connectivity index (χ1n) is 5.98. The van der Waals surface area contributed by atoms with E-state index in [-0.39, 0.29) is 19.0 Å². The second kappa shape index (κ2) is 7.97. The summed E-state index contributed by atoms with van der Waals surface area (Å²) in [4.78, 5) is 45.5. The smallest absolute Gasteiger partial charge is 0.326 e. The zero-order valence-electron chi connectivity index (χ0n) is 11.5. The first kappa shape index (κ1) is 17.7. The number of nitrogens with one attached hydrogen (secondary N) is 1. The zero-order valence-corrected chi connectivity index (χ0v) is 11.5. The van der Waals surface area contributed by atoms with Crippen molar-refractivity contribution in [3.63, 3.8) is 0 Å². The Kier molecular flexibility index (Phi) is 7.05. The van der Waals surface area contributed by atoms with Gasteiger partial charge in [-0.2, -0.15) is 0 Å². The van der Waals surface area contributed by atoms with Crippen molar-refractivity contribution in [3.05, 3.63) is 0 Å². The van der Waals surface area contributed by atoms with Gasteiger partial charge in [0.25, 0.3) is 0 Å². The molecule has 0 aliphatic heterocycles. The molecule has 0 fully saturated rings. The highest BCUT2D eigenvalue weighted by molar-refractivity contribution is 5.89. The van der Waals surface area contributed by atoms with Crippen LogP contribution in [0.15, 0.2) is 0 Å². The summed E-state index contributed by atoms with van der Waals surface area (Å²) in [6.45, 7) is 3.52. The lowest BCUT2D eigenvalue weighted by atomic mass is 10.2. The first-order chi connectivity index (χ1) is 9.13. The van der Waals surface area contributed by atoms with Gasteiger partial charge in [0.1, 0.15) is 12.6 Å². The molecule has 0 aliphatic rings. The molecule has 0 rings (SSSR count). The Hall–Kier alpha value is -2.32. The number of nitrogens with two attached hydrogens (primary N) is 2. The molecule has 0 bridgehead atoms. The quantitative estimate of drug-likeness (QED) is 0.426. The van der Waals surface area contributed by atoms with Crippen molar-refractivity contribution in [2.75, 3.05) is 13.1 Å². The van der Waals surface area contributed by atoms with Crippen molar-refractivity contribution in [1.82, 2.24) is 10.2 Å². The summed E-state index contributed by atoms with van der Waals surface area (Å²) in [6, 6.07) is -2.23. The van der Waals surface area contributed by atoms with Crippen LogP contribution in [0.3, 0.4) is 0 Å². The summed E-state index contributed by atoms with van der Waals surface area (Å²) in [5.41, 5.74) is 9.93. The number of carboxylic acids is 1. The number of carboxylic acid groups (broad SMARTS) is 1. The monoisotopic (exact) mass is 288 g/mol. The van der Waals surface area contributed by atoms with Crippen LogP contribution in [0.25, 0.3) is 0 Å². The number of aliphatic carboxylic acids is 1. The Balaban J connectivity index is 4.81. The van der Waals surface area contributed by atoms with Crippen LogP contribution in [0.2, 0.25) is 0 Å². The number of urea groups is 1. The number of hydrogen-bond donors (Lipinski definition) is 4. The second-order valence-corrected chi connectivity index (χ2v) is 4.75. The molecule has 0 aliphatic carbocycles. The van der Waals surface area contributed by atoms with Gasteiger partial charge in [0.05, 0.1) is 6.42 Å². The maximum atomic E-state index is 11.9. The minimum atomic E-state index is -1.44. The van der Waals surface area contributed by atoms with E-state index in [4.69, 9.17) is 16.6 Å². The van der Waals surface area contributed by atoms with Gasteiger partial charge in [-0.15, -0.1) is 0 Å². The average Bonchev–Trinajstić information content (AvgIpc) is 2.24. The van der Waals surface area contributed by atoms with E-state index < -0.39 is 36.3 Å². The van der Waals surface area contributed by atoms with E-state index in [1.165, 1.54) is 0 Å². The van der Waals surface area contributed by atoms with Gasteiger partial charge < -0.3 is 26.8 Å². The minimum Gasteiger partial charge on any atom is -0.480 e. The minimum absolute atomic E-state index is 0.0551. The molecule has 0 radical (unpaired) electrons. The van der Waals surface area contributed by atoms with Gasteiger partial charge in [-0.05, 0) is 5.92 Å². The van der Waals surface area contributed by atoms with Crippen molar-refractivity contribution >= 4 is 23.8 Å². The third-order valence-electron chi connectivity index (χ3n) is 2.22. The summed E-state index contributed by atoms with van der Waals surface area (Å²) in [6.07, 6.45) is -0.535. The van der Waals surface area contributed by atoms with Gasteiger partial charge >= 0.3 is 12.0 Å². The number of rotatable bonds is 8. The van der Waals surface area contributed by atoms with Crippen molar-refractivity contribution in [2.45, 2.75) is 26.3 Å². The van der Waals surface area contributed by atoms with Crippen LogP contribution in [0.5, 0.6) is 0 Å². The number of carbonyl (C=O) groups is 4. The zero-order chi connectivity index (χ0) is 15.9. The maximum absolute atomic E-state index is 11.9. The molecule has 0 saturated carbocycles. The van der Waals surface area contributed by atoms with Gasteiger partial charge in [-0.25, -0.2) is 9.59 Å². The number of nitrogens with zero attached hydrogens (tertiary/aromatic N) is 1. The molecule has 114 valence electrons. The molecule has 20 heavy (non-hydrogen) atoms. The van der Waals surface area contributed by atoms with E-state index in [1.807, 2.05) is 13.8 Å². The Labute approximate surface area is 116 Å². The number of carbonyl (C=O) groups excluding carboxylic acids is 3. The molecular weight excluding hydrogens is 268 g/mol. The predicted octanol–water partition coefficient (Wildman–Crippen LogP) is -1.53. The number of amides is 4. The molecular formula is C11H20N4O5. The van der Waals surface area contributed by atoms with Crippen LogP contribution in [0.1, 0.15) is 20.3 Å². The lowest BCUT2D eigenvalue weighted by molar-refractivity contribution is -0.140. The summed E-state index contributed by atoms with van der Waals surface area (Å²) in [5.74, 6) is -2.91. The van der Waals surface area contributed by atoms with Crippen LogP contribution in [0.4, 0.5) is 4.79 Å². The van der Waals surface area contributed by atoms with Gasteiger partial charge in [0.2, 0.25) is 11.8 Å². The summed E-state index contributed by atoms with van der Waals surface area (Å²) < 4.78 is 0. The van der Waals surface area contributed by atoms with Crippen molar-refractivity contribution in [1.29, 1.82) is 0 Å². The highest BCUT2D eigenvalue weighted by atomic mass is 16.4. The molecule has 0 aromatic heterocycles. The number of primary amides is 2. The van der Waals surface area contributed by atoms with Crippen LogP contribution < -0.4 is 16.8 Å².